The molecule has 3 N–H and O–H groups in total. The predicted octanol–water partition coefficient (Wildman–Crippen LogP) is 2.33. The summed E-state index contributed by atoms with van der Waals surface area (Å²) >= 11 is 0. The van der Waals surface area contributed by atoms with Crippen molar-refractivity contribution in [2.24, 2.45) is 4.99 Å². The maximum atomic E-state index is 10.6. The van der Waals surface area contributed by atoms with Crippen molar-refractivity contribution in [3.8, 4) is 5.75 Å². The van der Waals surface area contributed by atoms with E-state index in [4.69, 9.17) is 9.15 Å². The van der Waals surface area contributed by atoms with Gasteiger partial charge in [-0.05, 0) is 44.5 Å². The van der Waals surface area contributed by atoms with Crippen LogP contribution in [0.25, 0.3) is 0 Å². The SMILES string of the molecule is CCNC(=NCC(C)(O)c1ccco1)NC1CCN(c2ccccc2OC)C1. The first-order chi connectivity index (χ1) is 13.5. The summed E-state index contributed by atoms with van der Waals surface area (Å²) in [4.78, 5) is 6.90. The number of guanidine groups is 1. The number of methoxy groups -OCH3 is 1. The smallest absolute Gasteiger partial charge is 0.191 e. The van der Waals surface area contributed by atoms with Gasteiger partial charge in [0.15, 0.2) is 5.96 Å². The second-order valence-corrected chi connectivity index (χ2v) is 7.19. The number of aliphatic imine (C=N–C) groups is 1. The minimum Gasteiger partial charge on any atom is -0.495 e. The molecule has 2 atom stereocenters. The van der Waals surface area contributed by atoms with Crippen LogP contribution in [-0.2, 0) is 5.60 Å². The van der Waals surface area contributed by atoms with E-state index in [-0.39, 0.29) is 12.6 Å². The van der Waals surface area contributed by atoms with Crippen molar-refractivity contribution in [3.63, 3.8) is 0 Å². The van der Waals surface area contributed by atoms with Gasteiger partial charge >= 0.3 is 0 Å². The molecule has 2 aromatic rings. The lowest BCUT2D eigenvalue weighted by molar-refractivity contribution is 0.0437. The van der Waals surface area contributed by atoms with E-state index in [9.17, 15) is 5.11 Å². The Hall–Kier alpha value is -2.67. The minimum absolute atomic E-state index is 0.207. The summed E-state index contributed by atoms with van der Waals surface area (Å²) in [7, 11) is 1.70. The van der Waals surface area contributed by atoms with Gasteiger partial charge in [-0.25, -0.2) is 4.99 Å². The fraction of sp³-hybridized carbons (Fsp3) is 0.476. The maximum absolute atomic E-state index is 10.6. The number of para-hydroxylation sites is 2. The van der Waals surface area contributed by atoms with Crippen molar-refractivity contribution < 1.29 is 14.3 Å². The Kier molecular flexibility index (Phi) is 6.46. The maximum Gasteiger partial charge on any atom is 0.191 e. The number of nitrogens with zero attached hydrogens (tertiary/aromatic N) is 2. The van der Waals surface area contributed by atoms with Crippen LogP contribution in [-0.4, -0.2) is 50.4 Å². The molecule has 2 unspecified atom stereocenters. The van der Waals surface area contributed by atoms with Crippen LogP contribution < -0.4 is 20.3 Å². The first-order valence-electron chi connectivity index (χ1n) is 9.72. The second-order valence-electron chi connectivity index (χ2n) is 7.19. The summed E-state index contributed by atoms with van der Waals surface area (Å²) in [5.74, 6) is 2.09. The molecule has 7 heteroatoms. The topological polar surface area (TPSA) is 82.3 Å². The Labute approximate surface area is 166 Å². The van der Waals surface area contributed by atoms with Gasteiger partial charge in [-0.2, -0.15) is 0 Å². The van der Waals surface area contributed by atoms with Gasteiger partial charge in [0, 0.05) is 25.7 Å². The fourth-order valence-corrected chi connectivity index (χ4v) is 3.40. The molecule has 152 valence electrons. The van der Waals surface area contributed by atoms with Crippen LogP contribution in [0, 0.1) is 0 Å². The third-order valence-corrected chi connectivity index (χ3v) is 4.90. The average Bonchev–Trinajstić information content (AvgIpc) is 3.39. The summed E-state index contributed by atoms with van der Waals surface area (Å²) < 4.78 is 10.8. The zero-order chi connectivity index (χ0) is 20.0. The van der Waals surface area contributed by atoms with Crippen molar-refractivity contribution in [1.82, 2.24) is 10.6 Å². The average molecular weight is 386 g/mol. The quantitative estimate of drug-likeness (QED) is 0.501. The summed E-state index contributed by atoms with van der Waals surface area (Å²) in [5.41, 5.74) is -0.0395. The molecule has 0 spiro atoms. The second kappa shape index (κ2) is 9.01. The van der Waals surface area contributed by atoms with Gasteiger partial charge in [-0.15, -0.1) is 0 Å². The van der Waals surface area contributed by atoms with Gasteiger partial charge in [0.25, 0.3) is 0 Å². The number of aliphatic hydroxyl groups is 1. The number of rotatable bonds is 7. The molecule has 1 aliphatic heterocycles. The van der Waals surface area contributed by atoms with Gasteiger partial charge in [0.2, 0.25) is 0 Å². The van der Waals surface area contributed by atoms with E-state index in [2.05, 4.69) is 26.6 Å². The Morgan fingerprint density at radius 1 is 1.36 bits per heavy atom. The van der Waals surface area contributed by atoms with E-state index in [0.29, 0.717) is 11.7 Å². The van der Waals surface area contributed by atoms with Gasteiger partial charge in [-0.1, -0.05) is 12.1 Å². The molecule has 28 heavy (non-hydrogen) atoms. The summed E-state index contributed by atoms with van der Waals surface area (Å²) in [6.07, 6.45) is 2.55. The molecule has 0 radical (unpaired) electrons. The van der Waals surface area contributed by atoms with Gasteiger partial charge in [-0.3, -0.25) is 0 Å². The van der Waals surface area contributed by atoms with Crippen LogP contribution in [0.3, 0.4) is 0 Å². The molecule has 1 fully saturated rings. The van der Waals surface area contributed by atoms with Gasteiger partial charge < -0.3 is 29.8 Å². The monoisotopic (exact) mass is 386 g/mol. The van der Waals surface area contributed by atoms with Crippen molar-refractivity contribution in [1.29, 1.82) is 0 Å². The van der Waals surface area contributed by atoms with E-state index >= 15 is 0 Å². The lowest BCUT2D eigenvalue weighted by Gasteiger charge is -2.23. The van der Waals surface area contributed by atoms with Crippen molar-refractivity contribution in [2.75, 3.05) is 38.2 Å². The highest BCUT2D eigenvalue weighted by atomic mass is 16.5. The summed E-state index contributed by atoms with van der Waals surface area (Å²) in [5, 5.41) is 17.4. The van der Waals surface area contributed by atoms with E-state index < -0.39 is 5.60 Å². The molecule has 7 nitrogen and oxygen atoms in total. The number of furan rings is 1. The van der Waals surface area contributed by atoms with Crippen LogP contribution in [0.2, 0.25) is 0 Å². The zero-order valence-electron chi connectivity index (χ0n) is 16.8. The Morgan fingerprint density at radius 2 is 2.18 bits per heavy atom. The molecular weight excluding hydrogens is 356 g/mol. The lowest BCUT2D eigenvalue weighted by atomic mass is 10.0. The third-order valence-electron chi connectivity index (χ3n) is 4.90. The van der Waals surface area contributed by atoms with E-state index in [1.165, 1.54) is 0 Å². The molecule has 1 aliphatic rings. The van der Waals surface area contributed by atoms with Crippen LogP contribution in [0.5, 0.6) is 5.75 Å². The largest absolute Gasteiger partial charge is 0.495 e. The van der Waals surface area contributed by atoms with Gasteiger partial charge in [0.1, 0.15) is 17.1 Å². The first-order valence-corrected chi connectivity index (χ1v) is 9.72. The normalized spacial score (nSPS) is 19.4. The molecule has 0 amide bonds. The molecule has 1 aromatic carbocycles. The summed E-state index contributed by atoms with van der Waals surface area (Å²) in [6, 6.07) is 11.9. The number of hydrogen-bond donors (Lipinski definition) is 3. The Balaban J connectivity index is 1.63. The van der Waals surface area contributed by atoms with Crippen LogP contribution in [0.1, 0.15) is 26.0 Å². The molecule has 0 saturated carbocycles. The fourth-order valence-electron chi connectivity index (χ4n) is 3.40. The molecular formula is C21H30N4O3. The number of nitrogens with one attached hydrogen (secondary N) is 2. The number of anilines is 1. The molecule has 1 saturated heterocycles. The number of ether oxygens (including phenoxy) is 1. The van der Waals surface area contributed by atoms with Crippen LogP contribution >= 0.6 is 0 Å². The number of hydrogen-bond acceptors (Lipinski definition) is 5. The molecule has 0 bridgehead atoms. The molecule has 2 heterocycles. The van der Waals surface area contributed by atoms with Crippen LogP contribution in [0.4, 0.5) is 5.69 Å². The molecule has 0 aliphatic carbocycles. The zero-order valence-corrected chi connectivity index (χ0v) is 16.8. The van der Waals surface area contributed by atoms with E-state index in [1.807, 2.05) is 25.1 Å². The van der Waals surface area contributed by atoms with E-state index in [0.717, 1.165) is 37.5 Å². The number of benzene rings is 1. The molecule has 1 aromatic heterocycles. The van der Waals surface area contributed by atoms with Crippen molar-refractivity contribution in [3.05, 3.63) is 48.4 Å². The lowest BCUT2D eigenvalue weighted by Crippen LogP contribution is -2.45. The molecule has 3 rings (SSSR count). The van der Waals surface area contributed by atoms with Gasteiger partial charge in [0.05, 0.1) is 25.6 Å². The van der Waals surface area contributed by atoms with Crippen LogP contribution in [0.15, 0.2) is 52.1 Å². The highest BCUT2D eigenvalue weighted by molar-refractivity contribution is 5.80. The highest BCUT2D eigenvalue weighted by Crippen LogP contribution is 2.30. The van der Waals surface area contributed by atoms with Crippen molar-refractivity contribution >= 4 is 11.6 Å². The standard InChI is InChI=1S/C21H30N4O3/c1-4-22-20(23-15-21(2,26)19-10-7-13-28-19)24-16-11-12-25(14-16)17-8-5-6-9-18(17)27-3/h5-10,13,16,26H,4,11-12,14-15H2,1-3H3,(H2,22,23,24). The summed E-state index contributed by atoms with van der Waals surface area (Å²) in [6.45, 7) is 6.49. The van der Waals surface area contributed by atoms with Crippen molar-refractivity contribution in [2.45, 2.75) is 31.9 Å². The third kappa shape index (κ3) is 4.78. The first kappa shape index (κ1) is 20.1. The minimum atomic E-state index is -1.15. The predicted molar refractivity (Wildman–Crippen MR) is 111 cm³/mol. The highest BCUT2D eigenvalue weighted by Gasteiger charge is 2.28. The Bertz CT molecular complexity index is 774. The van der Waals surface area contributed by atoms with E-state index in [1.54, 1.807) is 32.4 Å². The Morgan fingerprint density at radius 3 is 2.89 bits per heavy atom.